The average Bonchev–Trinajstić information content (AvgIpc) is 2.78. The van der Waals surface area contributed by atoms with E-state index in [-0.39, 0.29) is 6.09 Å². The molecule has 5 heteroatoms. The van der Waals surface area contributed by atoms with Gasteiger partial charge in [0.05, 0.1) is 6.61 Å². The summed E-state index contributed by atoms with van der Waals surface area (Å²) in [5, 5.41) is 2.73. The maximum Gasteiger partial charge on any atom is 0.407 e. The summed E-state index contributed by atoms with van der Waals surface area (Å²) < 4.78 is 5.11. The lowest BCUT2D eigenvalue weighted by Crippen LogP contribution is -2.33. The molecule has 0 aliphatic heterocycles. The Balaban J connectivity index is 2.09. The molecular formula is C10H20N2O3. The van der Waals surface area contributed by atoms with E-state index in [1.165, 1.54) is 0 Å². The van der Waals surface area contributed by atoms with Crippen LogP contribution < -0.4 is 11.2 Å². The fraction of sp³-hybridized carbons (Fsp3) is 0.900. The first-order valence-electron chi connectivity index (χ1n) is 5.21. The number of hydrogen-bond acceptors (Lipinski definition) is 4. The van der Waals surface area contributed by atoms with Gasteiger partial charge in [0.25, 0.3) is 0 Å². The van der Waals surface area contributed by atoms with Crippen LogP contribution in [0.15, 0.2) is 0 Å². The summed E-state index contributed by atoms with van der Waals surface area (Å²) in [5.41, 5.74) is -0.437. The third-order valence-electron chi connectivity index (χ3n) is 2.29. The van der Waals surface area contributed by atoms with E-state index >= 15 is 0 Å². The van der Waals surface area contributed by atoms with Crippen LogP contribution in [0.5, 0.6) is 0 Å². The number of hydrogen-bond donors (Lipinski definition) is 2. The second-order valence-electron chi connectivity index (χ2n) is 4.97. The third-order valence-corrected chi connectivity index (χ3v) is 2.29. The largest absolute Gasteiger partial charge is 0.444 e. The Morgan fingerprint density at radius 2 is 2.13 bits per heavy atom. The van der Waals surface area contributed by atoms with E-state index < -0.39 is 5.60 Å². The Kier molecular flexibility index (Phi) is 3.93. The van der Waals surface area contributed by atoms with Crippen LogP contribution in [0.4, 0.5) is 4.79 Å². The monoisotopic (exact) mass is 216 g/mol. The molecule has 0 heterocycles. The molecule has 0 saturated heterocycles. The number of nitrogens with one attached hydrogen (secondary N) is 1. The van der Waals surface area contributed by atoms with Crippen LogP contribution in [-0.4, -0.2) is 24.8 Å². The molecule has 0 bridgehead atoms. The van der Waals surface area contributed by atoms with Crippen LogP contribution in [0.3, 0.4) is 0 Å². The number of ether oxygens (including phenoxy) is 1. The molecule has 0 unspecified atom stereocenters. The molecule has 0 aromatic carbocycles. The van der Waals surface area contributed by atoms with E-state index in [2.05, 4.69) is 10.2 Å². The minimum atomic E-state index is -0.437. The predicted molar refractivity (Wildman–Crippen MR) is 56.0 cm³/mol. The highest BCUT2D eigenvalue weighted by Gasteiger charge is 2.37. The van der Waals surface area contributed by atoms with Gasteiger partial charge >= 0.3 is 6.09 Å². The van der Waals surface area contributed by atoms with Crippen molar-refractivity contribution in [2.24, 2.45) is 17.7 Å². The minimum Gasteiger partial charge on any atom is -0.444 e. The summed E-state index contributed by atoms with van der Waals surface area (Å²) in [4.78, 5) is 15.8. The summed E-state index contributed by atoms with van der Waals surface area (Å²) in [7, 11) is 0. The number of nitrogens with two attached hydrogens (primary N) is 1. The first kappa shape index (κ1) is 12.3. The fourth-order valence-corrected chi connectivity index (χ4v) is 1.42. The molecule has 1 rings (SSSR count). The van der Waals surface area contributed by atoms with Crippen molar-refractivity contribution in [2.45, 2.75) is 32.8 Å². The highest BCUT2D eigenvalue weighted by molar-refractivity contribution is 5.67. The van der Waals surface area contributed by atoms with Crippen molar-refractivity contribution < 1.29 is 14.4 Å². The quantitative estimate of drug-likeness (QED) is 0.688. The minimum absolute atomic E-state index is 0.359. The SMILES string of the molecule is CC(C)(C)OC(=O)NC[C@@H]1C[C@@H]1CON. The average molecular weight is 216 g/mol. The Bertz CT molecular complexity index is 225. The first-order chi connectivity index (χ1) is 6.92. The van der Waals surface area contributed by atoms with Gasteiger partial charge in [0.1, 0.15) is 5.60 Å². The van der Waals surface area contributed by atoms with E-state index in [1.807, 2.05) is 20.8 Å². The lowest BCUT2D eigenvalue weighted by Gasteiger charge is -2.19. The first-order valence-corrected chi connectivity index (χ1v) is 5.21. The van der Waals surface area contributed by atoms with E-state index in [0.29, 0.717) is 25.0 Å². The second-order valence-corrected chi connectivity index (χ2v) is 4.97. The zero-order valence-corrected chi connectivity index (χ0v) is 9.58. The fourth-order valence-electron chi connectivity index (χ4n) is 1.42. The Morgan fingerprint density at radius 3 is 2.67 bits per heavy atom. The summed E-state index contributed by atoms with van der Waals surface area (Å²) in [6, 6.07) is 0. The molecule has 1 amide bonds. The normalized spacial score (nSPS) is 24.8. The van der Waals surface area contributed by atoms with Crippen LogP contribution >= 0.6 is 0 Å². The molecule has 5 nitrogen and oxygen atoms in total. The Labute approximate surface area is 90.3 Å². The van der Waals surface area contributed by atoms with Gasteiger partial charge in [-0.05, 0) is 39.0 Å². The van der Waals surface area contributed by atoms with Gasteiger partial charge < -0.3 is 14.9 Å². The summed E-state index contributed by atoms with van der Waals surface area (Å²) in [6.07, 6.45) is 0.703. The maximum atomic E-state index is 11.3. The lowest BCUT2D eigenvalue weighted by atomic mass is 10.2. The van der Waals surface area contributed by atoms with Crippen LogP contribution in [-0.2, 0) is 9.57 Å². The van der Waals surface area contributed by atoms with Crippen LogP contribution in [0.25, 0.3) is 0 Å². The molecule has 1 aliphatic carbocycles. The lowest BCUT2D eigenvalue weighted by molar-refractivity contribution is 0.0522. The van der Waals surface area contributed by atoms with Crippen molar-refractivity contribution in [3.05, 3.63) is 0 Å². The maximum absolute atomic E-state index is 11.3. The summed E-state index contributed by atoms with van der Waals surface area (Å²) >= 11 is 0. The predicted octanol–water partition coefficient (Wildman–Crippen LogP) is 1.04. The molecule has 0 aromatic heterocycles. The smallest absolute Gasteiger partial charge is 0.407 e. The van der Waals surface area contributed by atoms with Gasteiger partial charge in [0.2, 0.25) is 0 Å². The number of rotatable bonds is 4. The standard InChI is InChI=1S/C10H20N2O3/c1-10(2,3)15-9(13)12-5-7-4-8(7)6-14-11/h7-8H,4-6,11H2,1-3H3,(H,12,13)/t7-,8+/m0/s1. The van der Waals surface area contributed by atoms with Gasteiger partial charge in [-0.15, -0.1) is 0 Å². The molecule has 0 radical (unpaired) electrons. The zero-order chi connectivity index (χ0) is 11.5. The van der Waals surface area contributed by atoms with Crippen molar-refractivity contribution in [3.8, 4) is 0 Å². The van der Waals surface area contributed by atoms with Crippen molar-refractivity contribution in [3.63, 3.8) is 0 Å². The van der Waals surface area contributed by atoms with Crippen molar-refractivity contribution in [2.75, 3.05) is 13.2 Å². The molecule has 3 N–H and O–H groups in total. The van der Waals surface area contributed by atoms with Crippen molar-refractivity contribution in [1.82, 2.24) is 5.32 Å². The van der Waals surface area contributed by atoms with Gasteiger partial charge in [-0.2, -0.15) is 0 Å². The highest BCUT2D eigenvalue weighted by Crippen LogP contribution is 2.37. The van der Waals surface area contributed by atoms with Crippen molar-refractivity contribution >= 4 is 6.09 Å². The molecule has 1 saturated carbocycles. The van der Waals surface area contributed by atoms with Gasteiger partial charge in [-0.3, -0.25) is 0 Å². The molecule has 1 aliphatic rings. The van der Waals surface area contributed by atoms with Gasteiger partial charge in [-0.1, -0.05) is 0 Å². The molecular weight excluding hydrogens is 196 g/mol. The molecule has 1 fully saturated rings. The molecule has 88 valence electrons. The Hall–Kier alpha value is -0.810. The van der Waals surface area contributed by atoms with E-state index in [9.17, 15) is 4.79 Å². The molecule has 15 heavy (non-hydrogen) atoms. The van der Waals surface area contributed by atoms with Crippen LogP contribution in [0.1, 0.15) is 27.2 Å². The number of carbonyl (C=O) groups is 1. The molecule has 2 atom stereocenters. The number of alkyl carbamates (subject to hydrolysis) is 1. The number of amides is 1. The van der Waals surface area contributed by atoms with Crippen molar-refractivity contribution in [1.29, 1.82) is 0 Å². The zero-order valence-electron chi connectivity index (χ0n) is 9.58. The van der Waals surface area contributed by atoms with Gasteiger partial charge in [0.15, 0.2) is 0 Å². The third kappa shape index (κ3) is 4.99. The van der Waals surface area contributed by atoms with Crippen LogP contribution in [0, 0.1) is 11.8 Å². The van der Waals surface area contributed by atoms with Crippen LogP contribution in [0.2, 0.25) is 0 Å². The van der Waals surface area contributed by atoms with Gasteiger partial charge in [-0.25, -0.2) is 10.7 Å². The summed E-state index contributed by atoms with van der Waals surface area (Å²) in [5.74, 6) is 5.94. The van der Waals surface area contributed by atoms with E-state index in [4.69, 9.17) is 10.6 Å². The second kappa shape index (κ2) is 4.81. The topological polar surface area (TPSA) is 73.6 Å². The van der Waals surface area contributed by atoms with E-state index in [0.717, 1.165) is 6.42 Å². The molecule has 0 aromatic rings. The molecule has 0 spiro atoms. The Morgan fingerprint density at radius 1 is 1.47 bits per heavy atom. The summed E-state index contributed by atoms with van der Waals surface area (Å²) in [6.45, 7) is 6.74. The highest BCUT2D eigenvalue weighted by atomic mass is 16.6. The van der Waals surface area contributed by atoms with E-state index in [1.54, 1.807) is 0 Å². The number of carbonyl (C=O) groups excluding carboxylic acids is 1. The van der Waals surface area contributed by atoms with Gasteiger partial charge in [0, 0.05) is 6.54 Å².